The predicted molar refractivity (Wildman–Crippen MR) is 172 cm³/mol. The Morgan fingerprint density at radius 1 is 0.814 bits per heavy atom. The van der Waals surface area contributed by atoms with Crippen LogP contribution in [0.1, 0.15) is 27.0 Å². The van der Waals surface area contributed by atoms with Crippen LogP contribution < -0.4 is 25.4 Å². The molecule has 4 rings (SSSR count). The van der Waals surface area contributed by atoms with E-state index in [1.807, 2.05) is 38.1 Å². The lowest BCUT2D eigenvalue weighted by atomic mass is 10.1. The lowest BCUT2D eigenvalue weighted by Gasteiger charge is -2.14. The minimum absolute atomic E-state index is 0.00589. The van der Waals surface area contributed by atoms with Crippen LogP contribution in [0.3, 0.4) is 0 Å². The van der Waals surface area contributed by atoms with Gasteiger partial charge in [-0.25, -0.2) is 0 Å². The number of carbonyl (C=O) groups is 3. The van der Waals surface area contributed by atoms with Crippen molar-refractivity contribution in [1.29, 1.82) is 0 Å². The molecule has 0 fully saturated rings. The summed E-state index contributed by atoms with van der Waals surface area (Å²) in [7, 11) is 3.06. The van der Waals surface area contributed by atoms with Crippen LogP contribution in [0.15, 0.2) is 102 Å². The third-order valence-electron chi connectivity index (χ3n) is 6.39. The largest absolute Gasteiger partial charge is 0.497 e. The molecule has 43 heavy (non-hydrogen) atoms. The maximum Gasteiger partial charge on any atom is 0.272 e. The van der Waals surface area contributed by atoms with E-state index in [2.05, 4.69) is 16.0 Å². The van der Waals surface area contributed by atoms with Gasteiger partial charge in [-0.3, -0.25) is 14.4 Å². The number of ether oxygens (including phenoxy) is 2. The third kappa shape index (κ3) is 8.73. The highest BCUT2D eigenvalue weighted by molar-refractivity contribution is 8.00. The molecule has 0 bridgehead atoms. The number of methoxy groups -OCH3 is 2. The number of carbonyl (C=O) groups excluding carboxylic acids is 3. The zero-order valence-corrected chi connectivity index (χ0v) is 25.2. The van der Waals surface area contributed by atoms with E-state index < -0.39 is 11.8 Å². The van der Waals surface area contributed by atoms with Crippen LogP contribution in [-0.4, -0.2) is 37.7 Å². The van der Waals surface area contributed by atoms with Crippen molar-refractivity contribution in [3.05, 3.63) is 119 Å². The number of rotatable bonds is 11. The summed E-state index contributed by atoms with van der Waals surface area (Å²) in [5.74, 6) is 0.143. The summed E-state index contributed by atoms with van der Waals surface area (Å²) in [4.78, 5) is 40.0. The maximum absolute atomic E-state index is 13.5. The molecule has 3 N–H and O–H groups in total. The second-order valence-electron chi connectivity index (χ2n) is 9.62. The summed E-state index contributed by atoms with van der Waals surface area (Å²) >= 11 is 1.35. The minimum atomic E-state index is -0.538. The normalized spacial score (nSPS) is 10.9. The van der Waals surface area contributed by atoms with Crippen LogP contribution in [-0.2, 0) is 9.59 Å². The third-order valence-corrected chi connectivity index (χ3v) is 7.39. The summed E-state index contributed by atoms with van der Waals surface area (Å²) in [6, 6.07) is 26.9. The molecule has 0 radical (unpaired) electrons. The second kappa shape index (κ2) is 14.7. The van der Waals surface area contributed by atoms with Crippen molar-refractivity contribution in [2.24, 2.45) is 0 Å². The standard InChI is InChI=1S/C34H33N3O5S/c1-22-13-14-23(2)29(17-22)36-32(38)21-43-28-12-8-11-26(20-28)35-34(40)30(37-33(39)24-9-6-5-7-10-24)19-25-18-27(41-3)15-16-31(25)42-4/h5-20H,21H2,1-4H3,(H,35,40)(H,36,38)(H,37,39)/b30-19+. The fourth-order valence-electron chi connectivity index (χ4n) is 4.12. The summed E-state index contributed by atoms with van der Waals surface area (Å²) in [5, 5.41) is 8.55. The van der Waals surface area contributed by atoms with Crippen LogP contribution in [0.5, 0.6) is 11.5 Å². The van der Waals surface area contributed by atoms with E-state index in [0.29, 0.717) is 28.3 Å². The molecule has 0 aliphatic rings. The van der Waals surface area contributed by atoms with E-state index in [-0.39, 0.29) is 17.4 Å². The molecule has 3 amide bonds. The second-order valence-corrected chi connectivity index (χ2v) is 10.7. The zero-order valence-electron chi connectivity index (χ0n) is 24.4. The lowest BCUT2D eigenvalue weighted by Crippen LogP contribution is -2.30. The van der Waals surface area contributed by atoms with Crippen molar-refractivity contribution in [3.8, 4) is 11.5 Å². The Bertz CT molecular complexity index is 1650. The van der Waals surface area contributed by atoms with E-state index in [1.54, 1.807) is 73.8 Å². The quantitative estimate of drug-likeness (QED) is 0.136. The van der Waals surface area contributed by atoms with Gasteiger partial charge in [-0.1, -0.05) is 36.4 Å². The Hall–Kier alpha value is -5.02. The summed E-state index contributed by atoms with van der Waals surface area (Å²) in [5.41, 5.74) is 4.29. The van der Waals surface area contributed by atoms with Crippen LogP contribution in [0.25, 0.3) is 6.08 Å². The highest BCUT2D eigenvalue weighted by Gasteiger charge is 2.17. The number of hydrogen-bond donors (Lipinski definition) is 3. The van der Waals surface area contributed by atoms with Crippen LogP contribution in [0, 0.1) is 13.8 Å². The summed E-state index contributed by atoms with van der Waals surface area (Å²) in [6.07, 6.45) is 1.54. The van der Waals surface area contributed by atoms with Crippen molar-refractivity contribution in [1.82, 2.24) is 5.32 Å². The number of hydrogen-bond acceptors (Lipinski definition) is 6. The van der Waals surface area contributed by atoms with Crippen molar-refractivity contribution in [3.63, 3.8) is 0 Å². The van der Waals surface area contributed by atoms with Crippen LogP contribution in [0.4, 0.5) is 11.4 Å². The molecule has 4 aromatic rings. The Morgan fingerprint density at radius 2 is 1.60 bits per heavy atom. The van der Waals surface area contributed by atoms with E-state index in [0.717, 1.165) is 21.7 Å². The van der Waals surface area contributed by atoms with Crippen LogP contribution in [0.2, 0.25) is 0 Å². The molecule has 220 valence electrons. The Kier molecular flexibility index (Phi) is 10.6. The predicted octanol–water partition coefficient (Wildman–Crippen LogP) is 6.46. The average Bonchev–Trinajstić information content (AvgIpc) is 3.02. The van der Waals surface area contributed by atoms with Gasteiger partial charge >= 0.3 is 0 Å². The Balaban J connectivity index is 1.51. The molecule has 0 saturated carbocycles. The lowest BCUT2D eigenvalue weighted by molar-refractivity contribution is -0.114. The number of amides is 3. The van der Waals surface area contributed by atoms with Gasteiger partial charge in [0.15, 0.2) is 0 Å². The van der Waals surface area contributed by atoms with E-state index in [9.17, 15) is 14.4 Å². The zero-order chi connectivity index (χ0) is 30.8. The van der Waals surface area contributed by atoms with Gasteiger partial charge in [0.25, 0.3) is 11.8 Å². The smallest absolute Gasteiger partial charge is 0.272 e. The van der Waals surface area contributed by atoms with Gasteiger partial charge in [0.2, 0.25) is 5.91 Å². The van der Waals surface area contributed by atoms with Crippen molar-refractivity contribution < 1.29 is 23.9 Å². The molecule has 0 aromatic heterocycles. The number of anilines is 2. The molecule has 0 atom stereocenters. The monoisotopic (exact) mass is 595 g/mol. The number of thioether (sulfide) groups is 1. The summed E-state index contributed by atoms with van der Waals surface area (Å²) in [6.45, 7) is 3.92. The van der Waals surface area contributed by atoms with E-state index in [1.165, 1.54) is 24.9 Å². The fraction of sp³-hybridized carbons (Fsp3) is 0.147. The van der Waals surface area contributed by atoms with Gasteiger partial charge in [0.05, 0.1) is 20.0 Å². The Morgan fingerprint density at radius 3 is 2.35 bits per heavy atom. The Labute approximate surface area is 255 Å². The average molecular weight is 596 g/mol. The molecular formula is C34H33N3O5S. The van der Waals surface area contributed by atoms with Crippen molar-refractivity contribution in [2.75, 3.05) is 30.6 Å². The minimum Gasteiger partial charge on any atom is -0.497 e. The maximum atomic E-state index is 13.5. The molecule has 0 spiro atoms. The van der Waals surface area contributed by atoms with Gasteiger partial charge in [0.1, 0.15) is 17.2 Å². The molecule has 0 aliphatic carbocycles. The van der Waals surface area contributed by atoms with Crippen molar-refractivity contribution >= 4 is 46.9 Å². The van der Waals surface area contributed by atoms with E-state index in [4.69, 9.17) is 9.47 Å². The highest BCUT2D eigenvalue weighted by atomic mass is 32.2. The summed E-state index contributed by atoms with van der Waals surface area (Å²) < 4.78 is 10.8. The number of nitrogens with one attached hydrogen (secondary N) is 3. The first-order valence-corrected chi connectivity index (χ1v) is 14.5. The van der Waals surface area contributed by atoms with Gasteiger partial charge in [-0.2, -0.15) is 0 Å². The first-order valence-electron chi connectivity index (χ1n) is 13.5. The van der Waals surface area contributed by atoms with Crippen LogP contribution >= 0.6 is 11.8 Å². The number of benzene rings is 4. The van der Waals surface area contributed by atoms with Gasteiger partial charge in [-0.15, -0.1) is 11.8 Å². The molecule has 0 aliphatic heterocycles. The van der Waals surface area contributed by atoms with Gasteiger partial charge in [0, 0.05) is 27.4 Å². The SMILES string of the molecule is COc1ccc(OC)c(/C=C(/NC(=O)c2ccccc2)C(=O)Nc2cccc(SCC(=O)Nc3cc(C)ccc3C)c2)c1. The molecule has 0 unspecified atom stereocenters. The van der Waals surface area contributed by atoms with Gasteiger partial charge in [-0.05, 0) is 85.6 Å². The van der Waals surface area contributed by atoms with Gasteiger partial charge < -0.3 is 25.4 Å². The number of aryl methyl sites for hydroxylation is 2. The molecular weight excluding hydrogens is 562 g/mol. The first-order chi connectivity index (χ1) is 20.7. The molecule has 0 saturated heterocycles. The highest BCUT2D eigenvalue weighted by Crippen LogP contribution is 2.27. The first kappa shape index (κ1) is 30.9. The molecule has 0 heterocycles. The molecule has 9 heteroatoms. The molecule has 4 aromatic carbocycles. The molecule has 8 nitrogen and oxygen atoms in total. The van der Waals surface area contributed by atoms with E-state index >= 15 is 0 Å². The fourth-order valence-corrected chi connectivity index (χ4v) is 4.87. The van der Waals surface area contributed by atoms with Crippen molar-refractivity contribution in [2.45, 2.75) is 18.7 Å². The topological polar surface area (TPSA) is 106 Å².